The smallest absolute Gasteiger partial charge is 0.496 e. The Morgan fingerprint density at radius 3 is 2.50 bits per heavy atom. The highest BCUT2D eigenvalue weighted by molar-refractivity contribution is 6.02. The van der Waals surface area contributed by atoms with Gasteiger partial charge in [-0.15, -0.1) is 0 Å². The highest BCUT2D eigenvalue weighted by atomic mass is 16.7. The monoisotopic (exact) mass is 557 g/mol. The molecular weight excluding hydrogens is 518 g/mol. The summed E-state index contributed by atoms with van der Waals surface area (Å²) < 4.78 is 15.2. The number of carbonyl (C=O) groups excluding carboxylic acids is 5. The number of aromatic nitrogens is 1. The first kappa shape index (κ1) is 30.6. The Balaban J connectivity index is 1.75. The van der Waals surface area contributed by atoms with Gasteiger partial charge < -0.3 is 29.8 Å². The minimum absolute atomic E-state index is 0.0587. The van der Waals surface area contributed by atoms with Gasteiger partial charge in [0, 0.05) is 35.7 Å². The van der Waals surface area contributed by atoms with Crippen molar-refractivity contribution in [2.75, 3.05) is 20.3 Å². The predicted octanol–water partition coefficient (Wildman–Crippen LogP) is 3.55. The number of methoxy groups -OCH3 is 1. The van der Waals surface area contributed by atoms with Crippen molar-refractivity contribution < 1.29 is 38.2 Å². The van der Waals surface area contributed by atoms with Crippen molar-refractivity contribution in [1.82, 2.24) is 15.6 Å². The molecule has 11 nitrogen and oxygen atoms in total. The number of aromatic amines is 1. The summed E-state index contributed by atoms with van der Waals surface area (Å²) in [5.41, 5.74) is 1.09. The van der Waals surface area contributed by atoms with Crippen LogP contribution in [-0.2, 0) is 23.9 Å². The normalized spacial score (nSPS) is 16.5. The van der Waals surface area contributed by atoms with Gasteiger partial charge in [0.15, 0.2) is 18.2 Å². The fraction of sp³-hybridized carbons (Fsp3) is 0.552. The van der Waals surface area contributed by atoms with Crippen LogP contribution in [0.2, 0.25) is 0 Å². The van der Waals surface area contributed by atoms with Crippen LogP contribution in [0.5, 0.6) is 5.75 Å². The molecule has 3 rings (SSSR count). The van der Waals surface area contributed by atoms with E-state index in [1.54, 1.807) is 33.1 Å². The molecule has 1 aromatic heterocycles. The Hall–Kier alpha value is -3.89. The van der Waals surface area contributed by atoms with Crippen molar-refractivity contribution in [3.05, 3.63) is 30.0 Å². The topological polar surface area (TPSA) is 153 Å². The third-order valence-corrected chi connectivity index (χ3v) is 6.76. The molecule has 1 aromatic carbocycles. The zero-order valence-electron chi connectivity index (χ0n) is 23.7. The molecule has 0 unspecified atom stereocenters. The van der Waals surface area contributed by atoms with Gasteiger partial charge in [-0.3, -0.25) is 19.2 Å². The summed E-state index contributed by atoms with van der Waals surface area (Å²) in [7, 11) is 1.55. The van der Waals surface area contributed by atoms with E-state index in [0.29, 0.717) is 30.8 Å². The number of hydrogen-bond acceptors (Lipinski definition) is 8. The number of benzene rings is 1. The summed E-state index contributed by atoms with van der Waals surface area (Å²) in [5, 5.41) is 6.24. The second-order valence-electron chi connectivity index (χ2n) is 10.8. The number of carbonyl (C=O) groups is 5. The van der Waals surface area contributed by atoms with Crippen LogP contribution in [0.25, 0.3) is 10.9 Å². The van der Waals surface area contributed by atoms with Crippen LogP contribution in [0.1, 0.15) is 63.9 Å². The first-order valence-electron chi connectivity index (χ1n) is 13.6. The minimum Gasteiger partial charge on any atom is -0.496 e. The van der Waals surface area contributed by atoms with Crippen LogP contribution < -0.4 is 15.4 Å². The number of Topliss-reactive ketones (excluding diaryl/α,β-unsaturated/α-hetero) is 2. The molecule has 3 atom stereocenters. The fourth-order valence-corrected chi connectivity index (χ4v) is 4.81. The van der Waals surface area contributed by atoms with Crippen molar-refractivity contribution in [2.45, 2.75) is 65.5 Å². The number of amides is 2. The molecule has 1 saturated heterocycles. The Kier molecular flexibility index (Phi) is 10.7. The maximum Gasteiger partial charge on any atom is 0.508 e. The van der Waals surface area contributed by atoms with Gasteiger partial charge in [0.25, 0.3) is 0 Å². The van der Waals surface area contributed by atoms with Gasteiger partial charge in [-0.2, -0.15) is 0 Å². The van der Waals surface area contributed by atoms with Crippen LogP contribution in [0, 0.1) is 17.8 Å². The van der Waals surface area contributed by atoms with Crippen molar-refractivity contribution >= 4 is 40.4 Å². The number of fused-ring (bicyclic) bond motifs is 1. The van der Waals surface area contributed by atoms with Crippen molar-refractivity contribution in [3.8, 4) is 5.75 Å². The van der Waals surface area contributed by atoms with Gasteiger partial charge in [0.05, 0.1) is 24.9 Å². The highest BCUT2D eigenvalue weighted by Gasteiger charge is 2.34. The molecule has 0 spiro atoms. The molecule has 0 saturated carbocycles. The summed E-state index contributed by atoms with van der Waals surface area (Å²) in [5.74, 6) is -1.96. The molecular formula is C29H39N3O8. The number of nitrogens with one attached hydrogen (secondary N) is 3. The van der Waals surface area contributed by atoms with Crippen LogP contribution in [-0.4, -0.2) is 66.9 Å². The molecule has 2 aromatic rings. The molecule has 1 fully saturated rings. The number of rotatable bonds is 14. The lowest BCUT2D eigenvalue weighted by Crippen LogP contribution is -2.47. The van der Waals surface area contributed by atoms with Crippen LogP contribution >= 0.6 is 0 Å². The largest absolute Gasteiger partial charge is 0.508 e. The number of hydrogen-bond donors (Lipinski definition) is 3. The minimum atomic E-state index is -1.07. The highest BCUT2D eigenvalue weighted by Crippen LogP contribution is 2.28. The summed E-state index contributed by atoms with van der Waals surface area (Å²) in [6, 6.07) is 6.08. The third kappa shape index (κ3) is 8.30. The Labute approximate surface area is 233 Å². The first-order valence-corrected chi connectivity index (χ1v) is 13.6. The van der Waals surface area contributed by atoms with E-state index in [1.807, 2.05) is 26.0 Å². The van der Waals surface area contributed by atoms with E-state index in [-0.39, 0.29) is 30.4 Å². The Morgan fingerprint density at radius 1 is 1.12 bits per heavy atom. The quantitative estimate of drug-likeness (QED) is 0.235. The van der Waals surface area contributed by atoms with E-state index in [2.05, 4.69) is 15.6 Å². The van der Waals surface area contributed by atoms with Gasteiger partial charge in [0.1, 0.15) is 5.75 Å². The predicted molar refractivity (Wildman–Crippen MR) is 147 cm³/mol. The van der Waals surface area contributed by atoms with E-state index < -0.39 is 48.4 Å². The average Bonchev–Trinajstić information content (AvgIpc) is 3.51. The lowest BCUT2D eigenvalue weighted by Gasteiger charge is -2.24. The molecule has 2 heterocycles. The van der Waals surface area contributed by atoms with Crippen LogP contribution in [0.3, 0.4) is 0 Å². The second-order valence-corrected chi connectivity index (χ2v) is 10.8. The van der Waals surface area contributed by atoms with Crippen LogP contribution in [0.4, 0.5) is 4.79 Å². The zero-order valence-corrected chi connectivity index (χ0v) is 23.7. The van der Waals surface area contributed by atoms with Gasteiger partial charge in [-0.05, 0) is 57.2 Å². The number of ketones is 2. The first-order chi connectivity index (χ1) is 19.0. The van der Waals surface area contributed by atoms with Gasteiger partial charge >= 0.3 is 6.16 Å². The van der Waals surface area contributed by atoms with Crippen molar-refractivity contribution in [3.63, 3.8) is 0 Å². The maximum absolute atomic E-state index is 13.5. The van der Waals surface area contributed by atoms with Crippen molar-refractivity contribution in [2.24, 2.45) is 17.8 Å². The molecule has 3 N–H and O–H groups in total. The van der Waals surface area contributed by atoms with Gasteiger partial charge in [-0.25, -0.2) is 4.79 Å². The molecule has 2 amide bonds. The molecule has 1 aliphatic heterocycles. The molecule has 0 bridgehead atoms. The Bertz CT molecular complexity index is 1240. The summed E-state index contributed by atoms with van der Waals surface area (Å²) in [6.45, 7) is 7.04. The van der Waals surface area contributed by atoms with E-state index in [4.69, 9.17) is 14.2 Å². The van der Waals surface area contributed by atoms with Crippen LogP contribution in [0.15, 0.2) is 24.3 Å². The van der Waals surface area contributed by atoms with Gasteiger partial charge in [0.2, 0.25) is 11.8 Å². The lowest BCUT2D eigenvalue weighted by atomic mass is 9.89. The SMILES string of the molecule is COc1cccc2[nH]c(C(=O)C[C@@H](CC(C)C)C(=O)N[C@@H](C[C@@H]3CCNC3=O)C(=O)COC(=O)OC(C)C)cc12. The average molecular weight is 558 g/mol. The zero-order chi connectivity index (χ0) is 29.4. The molecule has 11 heteroatoms. The van der Waals surface area contributed by atoms with Gasteiger partial charge in [-0.1, -0.05) is 19.9 Å². The van der Waals surface area contributed by atoms with E-state index in [0.717, 1.165) is 10.9 Å². The molecule has 40 heavy (non-hydrogen) atoms. The number of H-pyrrole nitrogens is 1. The molecule has 0 aliphatic carbocycles. The second kappa shape index (κ2) is 14.0. The number of ether oxygens (including phenoxy) is 3. The standard InChI is InChI=1S/C29H39N3O8/c1-16(2)11-19(13-24(33)23-14-20-21(31-23)7-6-8-26(20)38-5)28(36)32-22(12-18-9-10-30-27(18)35)25(34)15-39-29(37)40-17(3)4/h6-8,14,16-19,22,31H,9-13,15H2,1-5H3,(H,30,35)(H,32,36)/t18-,19+,22-/m0/s1. The van der Waals surface area contributed by atoms with Crippen molar-refractivity contribution in [1.29, 1.82) is 0 Å². The van der Waals surface area contributed by atoms with E-state index in [9.17, 15) is 24.0 Å². The molecule has 1 aliphatic rings. The van der Waals surface area contributed by atoms with E-state index >= 15 is 0 Å². The molecule has 0 radical (unpaired) electrons. The summed E-state index contributed by atoms with van der Waals surface area (Å²) >= 11 is 0. The summed E-state index contributed by atoms with van der Waals surface area (Å²) in [4.78, 5) is 66.9. The summed E-state index contributed by atoms with van der Waals surface area (Å²) in [6.07, 6.45) is -0.516. The van der Waals surface area contributed by atoms with E-state index in [1.165, 1.54) is 0 Å². The lowest BCUT2D eigenvalue weighted by molar-refractivity contribution is -0.133. The third-order valence-electron chi connectivity index (χ3n) is 6.76. The maximum atomic E-state index is 13.5. The Morgan fingerprint density at radius 2 is 1.88 bits per heavy atom. The molecule has 218 valence electrons. The fourth-order valence-electron chi connectivity index (χ4n) is 4.81.